The molecule has 0 aliphatic rings. The van der Waals surface area contributed by atoms with Gasteiger partial charge in [0.25, 0.3) is 5.69 Å². The van der Waals surface area contributed by atoms with Crippen LogP contribution in [0.25, 0.3) is 0 Å². The topological polar surface area (TPSA) is 89.3 Å². The summed E-state index contributed by atoms with van der Waals surface area (Å²) in [5.74, 6) is -1.01. The summed E-state index contributed by atoms with van der Waals surface area (Å²) in [5.41, 5.74) is -0.469. The van der Waals surface area contributed by atoms with Crippen LogP contribution in [0.2, 0.25) is 0 Å². The first-order valence-electron chi connectivity index (χ1n) is 4.82. The Bertz CT molecular complexity index is 530. The Labute approximate surface area is 97.7 Å². The van der Waals surface area contributed by atoms with E-state index in [1.165, 1.54) is 0 Å². The molecule has 0 unspecified atom stereocenters. The van der Waals surface area contributed by atoms with Crippen LogP contribution in [0, 0.1) is 15.9 Å². The molecular weight excluding hydrogens is 251 g/mol. The van der Waals surface area contributed by atoms with Crippen LogP contribution in [0.15, 0.2) is 23.1 Å². The molecule has 0 aliphatic heterocycles. The summed E-state index contributed by atoms with van der Waals surface area (Å²) in [6, 6.07) is 2.38. The van der Waals surface area contributed by atoms with Crippen LogP contribution in [-0.2, 0) is 10.0 Å². The Kier molecular flexibility index (Phi) is 4.13. The molecule has 94 valence electrons. The summed E-state index contributed by atoms with van der Waals surface area (Å²) in [4.78, 5) is 8.99. The number of sulfonamides is 1. The lowest BCUT2D eigenvalue weighted by Gasteiger charge is -2.06. The number of non-ortho nitro benzene ring substituents is 1. The Balaban J connectivity index is 3.20. The van der Waals surface area contributed by atoms with E-state index < -0.39 is 31.3 Å². The lowest BCUT2D eigenvalue weighted by Crippen LogP contribution is -2.25. The van der Waals surface area contributed by atoms with Gasteiger partial charge in [0, 0.05) is 18.7 Å². The highest BCUT2D eigenvalue weighted by Gasteiger charge is 2.21. The van der Waals surface area contributed by atoms with Crippen molar-refractivity contribution in [2.45, 2.75) is 18.2 Å². The van der Waals surface area contributed by atoms with Crippen molar-refractivity contribution in [3.05, 3.63) is 34.1 Å². The van der Waals surface area contributed by atoms with Crippen molar-refractivity contribution < 1.29 is 17.7 Å². The molecule has 8 heteroatoms. The van der Waals surface area contributed by atoms with E-state index in [-0.39, 0.29) is 6.54 Å². The lowest BCUT2D eigenvalue weighted by molar-refractivity contribution is -0.385. The van der Waals surface area contributed by atoms with Gasteiger partial charge in [-0.2, -0.15) is 0 Å². The molecular formula is C9H11FN2O4S. The molecule has 0 fully saturated rings. The fraction of sp³-hybridized carbons (Fsp3) is 0.333. The number of halogens is 1. The van der Waals surface area contributed by atoms with Crippen molar-refractivity contribution in [3.8, 4) is 0 Å². The van der Waals surface area contributed by atoms with E-state index in [1.807, 2.05) is 0 Å². The van der Waals surface area contributed by atoms with E-state index in [9.17, 15) is 22.9 Å². The van der Waals surface area contributed by atoms with Gasteiger partial charge in [-0.25, -0.2) is 17.5 Å². The van der Waals surface area contributed by atoms with Gasteiger partial charge < -0.3 is 0 Å². The smallest absolute Gasteiger partial charge is 0.258 e. The van der Waals surface area contributed by atoms with Gasteiger partial charge in [0.2, 0.25) is 10.0 Å². The minimum atomic E-state index is -4.04. The molecule has 6 nitrogen and oxygen atoms in total. The van der Waals surface area contributed by atoms with Crippen molar-refractivity contribution >= 4 is 15.7 Å². The zero-order chi connectivity index (χ0) is 13.1. The van der Waals surface area contributed by atoms with Gasteiger partial charge in [0.1, 0.15) is 10.7 Å². The normalized spacial score (nSPS) is 11.4. The summed E-state index contributed by atoms with van der Waals surface area (Å²) in [6.07, 6.45) is 0.537. The van der Waals surface area contributed by atoms with Crippen LogP contribution in [0.1, 0.15) is 13.3 Å². The first-order valence-corrected chi connectivity index (χ1v) is 6.30. The van der Waals surface area contributed by atoms with Crippen molar-refractivity contribution in [2.75, 3.05) is 6.54 Å². The Hall–Kier alpha value is -1.54. The third kappa shape index (κ3) is 3.21. The lowest BCUT2D eigenvalue weighted by atomic mass is 10.3. The monoisotopic (exact) mass is 262 g/mol. The quantitative estimate of drug-likeness (QED) is 0.642. The molecule has 1 rings (SSSR count). The maximum absolute atomic E-state index is 13.3. The molecule has 0 heterocycles. The van der Waals surface area contributed by atoms with Gasteiger partial charge in [-0.15, -0.1) is 0 Å². The SMILES string of the molecule is CCCNS(=O)(=O)c1cc([N+](=O)[O-])ccc1F. The predicted octanol–water partition coefficient (Wildman–Crippen LogP) is 1.42. The predicted molar refractivity (Wildman–Crippen MR) is 58.5 cm³/mol. The molecule has 17 heavy (non-hydrogen) atoms. The number of rotatable bonds is 5. The van der Waals surface area contributed by atoms with E-state index in [0.717, 1.165) is 12.1 Å². The molecule has 0 amide bonds. The summed E-state index contributed by atoms with van der Waals surface area (Å²) < 4.78 is 38.7. The van der Waals surface area contributed by atoms with Crippen LogP contribution in [0.5, 0.6) is 0 Å². The van der Waals surface area contributed by atoms with Crippen molar-refractivity contribution in [2.24, 2.45) is 0 Å². The number of nitro groups is 1. The average molecular weight is 262 g/mol. The van der Waals surface area contributed by atoms with Crippen molar-refractivity contribution in [1.82, 2.24) is 4.72 Å². The van der Waals surface area contributed by atoms with Crippen LogP contribution in [-0.4, -0.2) is 19.9 Å². The Morgan fingerprint density at radius 1 is 1.47 bits per heavy atom. The molecule has 0 saturated carbocycles. The minimum Gasteiger partial charge on any atom is -0.258 e. The fourth-order valence-corrected chi connectivity index (χ4v) is 2.35. The van der Waals surface area contributed by atoms with Crippen molar-refractivity contribution in [1.29, 1.82) is 0 Å². The van der Waals surface area contributed by atoms with Gasteiger partial charge in [0.15, 0.2) is 0 Å². The summed E-state index contributed by atoms with van der Waals surface area (Å²) in [6.45, 7) is 1.89. The first kappa shape index (κ1) is 13.5. The minimum absolute atomic E-state index is 0.143. The molecule has 1 N–H and O–H groups in total. The van der Waals surface area contributed by atoms with E-state index in [1.54, 1.807) is 6.92 Å². The van der Waals surface area contributed by atoms with Gasteiger partial charge in [-0.05, 0) is 12.5 Å². The van der Waals surface area contributed by atoms with Gasteiger partial charge >= 0.3 is 0 Å². The maximum Gasteiger partial charge on any atom is 0.270 e. The van der Waals surface area contributed by atoms with E-state index in [4.69, 9.17) is 0 Å². The molecule has 1 aromatic carbocycles. The summed E-state index contributed by atoms with van der Waals surface area (Å²) in [5, 5.41) is 10.5. The van der Waals surface area contributed by atoms with Gasteiger partial charge in [-0.3, -0.25) is 10.1 Å². The Morgan fingerprint density at radius 2 is 2.12 bits per heavy atom. The average Bonchev–Trinajstić information content (AvgIpc) is 2.26. The number of nitro benzene ring substituents is 1. The summed E-state index contributed by atoms with van der Waals surface area (Å²) >= 11 is 0. The number of hydrogen-bond acceptors (Lipinski definition) is 4. The van der Waals surface area contributed by atoms with Gasteiger partial charge in [0.05, 0.1) is 4.92 Å². The highest BCUT2D eigenvalue weighted by atomic mass is 32.2. The highest BCUT2D eigenvalue weighted by molar-refractivity contribution is 7.89. The zero-order valence-electron chi connectivity index (χ0n) is 9.01. The Morgan fingerprint density at radius 3 is 2.65 bits per heavy atom. The third-order valence-corrected chi connectivity index (χ3v) is 3.43. The maximum atomic E-state index is 13.3. The van der Waals surface area contributed by atoms with Gasteiger partial charge in [-0.1, -0.05) is 6.92 Å². The van der Waals surface area contributed by atoms with E-state index in [2.05, 4.69) is 4.72 Å². The molecule has 0 bridgehead atoms. The molecule has 0 aliphatic carbocycles. The second kappa shape index (κ2) is 5.19. The standard InChI is InChI=1S/C9H11FN2O4S/c1-2-5-11-17(15,16)9-6-7(12(13)14)3-4-8(9)10/h3-4,6,11H,2,5H2,1H3. The molecule has 0 aromatic heterocycles. The van der Waals surface area contributed by atoms with Crippen LogP contribution >= 0.6 is 0 Å². The zero-order valence-corrected chi connectivity index (χ0v) is 9.83. The molecule has 0 spiro atoms. The van der Waals surface area contributed by atoms with Crippen molar-refractivity contribution in [3.63, 3.8) is 0 Å². The van der Waals surface area contributed by atoms with Crippen LogP contribution in [0.4, 0.5) is 10.1 Å². The highest BCUT2D eigenvalue weighted by Crippen LogP contribution is 2.20. The summed E-state index contributed by atoms with van der Waals surface area (Å²) in [7, 11) is -4.04. The number of nitrogens with one attached hydrogen (secondary N) is 1. The molecule has 0 radical (unpaired) electrons. The fourth-order valence-electron chi connectivity index (χ4n) is 1.13. The largest absolute Gasteiger partial charge is 0.270 e. The van der Waals surface area contributed by atoms with E-state index >= 15 is 0 Å². The number of nitrogens with zero attached hydrogens (tertiary/aromatic N) is 1. The second-order valence-corrected chi connectivity index (χ2v) is 5.00. The van der Waals surface area contributed by atoms with Crippen LogP contribution < -0.4 is 4.72 Å². The third-order valence-electron chi connectivity index (χ3n) is 1.96. The molecule has 0 atom stereocenters. The number of hydrogen-bond donors (Lipinski definition) is 1. The molecule has 1 aromatic rings. The molecule has 0 saturated heterocycles. The number of benzene rings is 1. The first-order chi connectivity index (χ1) is 7.88. The van der Waals surface area contributed by atoms with Crippen LogP contribution in [0.3, 0.4) is 0 Å². The van der Waals surface area contributed by atoms with E-state index in [0.29, 0.717) is 12.5 Å². The second-order valence-electron chi connectivity index (χ2n) is 3.27.